The molecule has 0 aromatic rings. The number of nitrogens with zero attached hydrogens (tertiary/aromatic N) is 2. The Balaban J connectivity index is 2.24. The molecule has 0 saturated carbocycles. The van der Waals surface area contributed by atoms with E-state index >= 15 is 0 Å². The lowest BCUT2D eigenvalue weighted by atomic mass is 10.1. The molecular weight excluding hydrogens is 228 g/mol. The highest BCUT2D eigenvalue weighted by atomic mass is 16.1. The zero-order valence-electron chi connectivity index (χ0n) is 11.6. The average Bonchev–Trinajstić information content (AvgIpc) is 2.39. The second kappa shape index (κ2) is 7.95. The van der Waals surface area contributed by atoms with Crippen LogP contribution in [0, 0.1) is 0 Å². The molecule has 1 heterocycles. The highest BCUT2D eigenvalue weighted by Crippen LogP contribution is 2.07. The molecule has 3 N–H and O–H groups in total. The summed E-state index contributed by atoms with van der Waals surface area (Å²) in [5.74, 6) is 0.644. The number of piperidine rings is 1. The Hall–Kier alpha value is -1.26. The fraction of sp³-hybridized carbons (Fsp3) is 0.846. The zero-order valence-corrected chi connectivity index (χ0v) is 11.6. The van der Waals surface area contributed by atoms with Crippen molar-refractivity contribution in [2.75, 3.05) is 19.6 Å². The van der Waals surface area contributed by atoms with Crippen molar-refractivity contribution in [1.29, 1.82) is 0 Å². The molecule has 1 fully saturated rings. The van der Waals surface area contributed by atoms with Crippen molar-refractivity contribution in [3.05, 3.63) is 0 Å². The summed E-state index contributed by atoms with van der Waals surface area (Å²) in [5.41, 5.74) is 5.91. The maximum Gasteiger partial charge on any atom is 0.222 e. The van der Waals surface area contributed by atoms with Gasteiger partial charge in [0.1, 0.15) is 0 Å². The number of carbonyl (C=O) groups excluding carboxylic acids is 1. The molecule has 5 heteroatoms. The van der Waals surface area contributed by atoms with Crippen molar-refractivity contribution in [1.82, 2.24) is 10.2 Å². The highest BCUT2D eigenvalue weighted by Gasteiger charge is 2.11. The third kappa shape index (κ3) is 5.38. The van der Waals surface area contributed by atoms with E-state index in [-0.39, 0.29) is 11.9 Å². The predicted octanol–water partition coefficient (Wildman–Crippen LogP) is 1.09. The minimum atomic E-state index is 0.0551. The SMILES string of the molecule is CCC(C)NC(=O)CCN=C(N)N1CCCCC1. The van der Waals surface area contributed by atoms with Gasteiger partial charge < -0.3 is 16.0 Å². The van der Waals surface area contributed by atoms with Crippen molar-refractivity contribution < 1.29 is 4.79 Å². The van der Waals surface area contributed by atoms with Crippen molar-refractivity contribution in [2.45, 2.75) is 52.0 Å². The van der Waals surface area contributed by atoms with Gasteiger partial charge >= 0.3 is 0 Å². The van der Waals surface area contributed by atoms with Gasteiger partial charge in [-0.15, -0.1) is 0 Å². The van der Waals surface area contributed by atoms with Crippen molar-refractivity contribution in [3.63, 3.8) is 0 Å². The molecule has 0 spiro atoms. The molecule has 1 saturated heterocycles. The number of aliphatic imine (C=N–C) groups is 1. The van der Waals surface area contributed by atoms with Gasteiger partial charge in [0.2, 0.25) is 5.91 Å². The number of carbonyl (C=O) groups is 1. The summed E-state index contributed by atoms with van der Waals surface area (Å²) in [6, 6.07) is 0.237. The van der Waals surface area contributed by atoms with E-state index in [2.05, 4.69) is 22.1 Å². The van der Waals surface area contributed by atoms with Crippen LogP contribution >= 0.6 is 0 Å². The van der Waals surface area contributed by atoms with Gasteiger partial charge in [-0.1, -0.05) is 6.92 Å². The maximum absolute atomic E-state index is 11.5. The number of nitrogens with one attached hydrogen (secondary N) is 1. The topological polar surface area (TPSA) is 70.7 Å². The van der Waals surface area contributed by atoms with Crippen LogP contribution in [0.4, 0.5) is 0 Å². The minimum absolute atomic E-state index is 0.0551. The molecule has 0 bridgehead atoms. The van der Waals surface area contributed by atoms with E-state index in [1.165, 1.54) is 19.3 Å². The Kier molecular flexibility index (Phi) is 6.54. The van der Waals surface area contributed by atoms with Crippen molar-refractivity contribution in [3.8, 4) is 0 Å². The van der Waals surface area contributed by atoms with E-state index in [0.29, 0.717) is 18.9 Å². The monoisotopic (exact) mass is 254 g/mol. The van der Waals surface area contributed by atoms with Gasteiger partial charge in [-0.3, -0.25) is 9.79 Å². The van der Waals surface area contributed by atoms with E-state index in [0.717, 1.165) is 19.5 Å². The van der Waals surface area contributed by atoms with Gasteiger partial charge in [0.25, 0.3) is 0 Å². The lowest BCUT2D eigenvalue weighted by Crippen LogP contribution is -2.41. The van der Waals surface area contributed by atoms with E-state index < -0.39 is 0 Å². The fourth-order valence-electron chi connectivity index (χ4n) is 1.94. The van der Waals surface area contributed by atoms with Crippen LogP contribution in [0.1, 0.15) is 46.0 Å². The third-order valence-electron chi connectivity index (χ3n) is 3.31. The normalized spacial score (nSPS) is 18.6. The maximum atomic E-state index is 11.5. The molecule has 1 amide bonds. The largest absolute Gasteiger partial charge is 0.370 e. The number of nitrogens with two attached hydrogens (primary N) is 1. The predicted molar refractivity (Wildman–Crippen MR) is 74.4 cm³/mol. The summed E-state index contributed by atoms with van der Waals surface area (Å²) in [6.07, 6.45) is 5.01. The quantitative estimate of drug-likeness (QED) is 0.570. The van der Waals surface area contributed by atoms with E-state index in [4.69, 9.17) is 5.73 Å². The van der Waals surface area contributed by atoms with Crippen LogP contribution in [0.15, 0.2) is 4.99 Å². The smallest absolute Gasteiger partial charge is 0.222 e. The second-order valence-corrected chi connectivity index (χ2v) is 4.91. The molecule has 0 aromatic carbocycles. The molecule has 18 heavy (non-hydrogen) atoms. The average molecular weight is 254 g/mol. The molecule has 1 aliphatic rings. The summed E-state index contributed by atoms with van der Waals surface area (Å²) in [4.78, 5) is 17.9. The van der Waals surface area contributed by atoms with Crippen LogP contribution in [0.5, 0.6) is 0 Å². The minimum Gasteiger partial charge on any atom is -0.370 e. The van der Waals surface area contributed by atoms with Crippen LogP contribution in [0.3, 0.4) is 0 Å². The standard InChI is InChI=1S/C13H26N4O/c1-3-11(2)16-12(18)7-8-15-13(14)17-9-5-4-6-10-17/h11H,3-10H2,1-2H3,(H2,14,15)(H,16,18). The van der Waals surface area contributed by atoms with Gasteiger partial charge in [0.15, 0.2) is 5.96 Å². The molecule has 0 aromatic heterocycles. The summed E-state index contributed by atoms with van der Waals surface area (Å²) in [6.45, 7) is 6.52. The summed E-state index contributed by atoms with van der Waals surface area (Å²) in [5, 5.41) is 2.92. The number of hydrogen-bond acceptors (Lipinski definition) is 2. The Morgan fingerprint density at radius 3 is 2.67 bits per heavy atom. The second-order valence-electron chi connectivity index (χ2n) is 4.91. The first kappa shape index (κ1) is 14.8. The third-order valence-corrected chi connectivity index (χ3v) is 3.31. The van der Waals surface area contributed by atoms with E-state index in [1.807, 2.05) is 6.92 Å². The van der Waals surface area contributed by atoms with Crippen LogP contribution in [0.2, 0.25) is 0 Å². The fourth-order valence-corrected chi connectivity index (χ4v) is 1.94. The van der Waals surface area contributed by atoms with Gasteiger partial charge in [-0.2, -0.15) is 0 Å². The van der Waals surface area contributed by atoms with Crippen LogP contribution in [-0.4, -0.2) is 42.4 Å². The van der Waals surface area contributed by atoms with E-state index in [9.17, 15) is 4.79 Å². The molecule has 0 aliphatic carbocycles. The number of amides is 1. The Morgan fingerprint density at radius 2 is 2.06 bits per heavy atom. The summed E-state index contributed by atoms with van der Waals surface area (Å²) in [7, 11) is 0. The molecular formula is C13H26N4O. The van der Waals surface area contributed by atoms with Gasteiger partial charge in [0, 0.05) is 25.6 Å². The van der Waals surface area contributed by atoms with Crippen LogP contribution < -0.4 is 11.1 Å². The number of hydrogen-bond donors (Lipinski definition) is 2. The Bertz CT molecular complexity index is 285. The molecule has 5 nitrogen and oxygen atoms in total. The highest BCUT2D eigenvalue weighted by molar-refractivity contribution is 5.79. The molecule has 0 radical (unpaired) electrons. The lowest BCUT2D eigenvalue weighted by Gasteiger charge is -2.27. The van der Waals surface area contributed by atoms with Crippen molar-refractivity contribution in [2.24, 2.45) is 10.7 Å². The lowest BCUT2D eigenvalue weighted by molar-refractivity contribution is -0.121. The number of rotatable bonds is 5. The van der Waals surface area contributed by atoms with Gasteiger partial charge in [-0.05, 0) is 32.6 Å². The first-order chi connectivity index (χ1) is 8.63. The zero-order chi connectivity index (χ0) is 13.4. The number of guanidine groups is 1. The van der Waals surface area contributed by atoms with E-state index in [1.54, 1.807) is 0 Å². The molecule has 1 unspecified atom stereocenters. The van der Waals surface area contributed by atoms with Gasteiger partial charge in [0.05, 0.1) is 6.54 Å². The first-order valence-electron chi connectivity index (χ1n) is 6.97. The molecule has 1 atom stereocenters. The number of likely N-dealkylation sites (tertiary alicyclic amines) is 1. The molecule has 104 valence electrons. The first-order valence-corrected chi connectivity index (χ1v) is 6.97. The van der Waals surface area contributed by atoms with Crippen LogP contribution in [0.25, 0.3) is 0 Å². The van der Waals surface area contributed by atoms with Crippen molar-refractivity contribution >= 4 is 11.9 Å². The van der Waals surface area contributed by atoms with Gasteiger partial charge in [-0.25, -0.2) is 0 Å². The molecule has 1 rings (SSSR count). The Labute approximate surface area is 110 Å². The summed E-state index contributed by atoms with van der Waals surface area (Å²) < 4.78 is 0. The molecule has 1 aliphatic heterocycles. The summed E-state index contributed by atoms with van der Waals surface area (Å²) >= 11 is 0. The van der Waals surface area contributed by atoms with Crippen LogP contribution in [-0.2, 0) is 4.79 Å². The Morgan fingerprint density at radius 1 is 1.39 bits per heavy atom.